The SMILES string of the molecule is Cc1c(C)[n+](-c2cccc(F)c2)[c-]n1-c1[c-]ccc(F)c1.Cc1c(C)[n+](-c2cccc(F)c2)[c-]n1-c1[c-]ccc(F)c1.Cc1n[n-]c(-c2ccccn2)n1.[Ir]. The molecule has 4 aromatic heterocycles. The molecule has 0 saturated heterocycles. The second-order valence-electron chi connectivity index (χ2n) is 12.0. The van der Waals surface area contributed by atoms with E-state index in [0.29, 0.717) is 34.4 Å². The summed E-state index contributed by atoms with van der Waals surface area (Å²) in [4.78, 5) is 8.19. The minimum Gasteiger partial charge on any atom is -0.421 e. The van der Waals surface area contributed by atoms with Gasteiger partial charge in [0.25, 0.3) is 12.7 Å². The van der Waals surface area contributed by atoms with Crippen LogP contribution in [-0.4, -0.2) is 24.2 Å². The van der Waals surface area contributed by atoms with Crippen molar-refractivity contribution in [1.29, 1.82) is 0 Å². The van der Waals surface area contributed by atoms with Crippen LogP contribution in [0.4, 0.5) is 17.6 Å². The summed E-state index contributed by atoms with van der Waals surface area (Å²) in [6.07, 6.45) is 7.92. The third kappa shape index (κ3) is 9.56. The van der Waals surface area contributed by atoms with Crippen LogP contribution in [0.1, 0.15) is 28.6 Å². The van der Waals surface area contributed by atoms with E-state index < -0.39 is 0 Å². The first kappa shape index (κ1) is 40.2. The second-order valence-corrected chi connectivity index (χ2v) is 12.0. The Morgan fingerprint density at radius 2 is 1.09 bits per heavy atom. The van der Waals surface area contributed by atoms with Crippen molar-refractivity contribution in [3.05, 3.63) is 186 Å². The van der Waals surface area contributed by atoms with Gasteiger partial charge >= 0.3 is 0 Å². The molecule has 0 spiro atoms. The summed E-state index contributed by atoms with van der Waals surface area (Å²) in [7, 11) is 0. The summed E-state index contributed by atoms with van der Waals surface area (Å²) >= 11 is 0. The average molecular weight is 918 g/mol. The van der Waals surface area contributed by atoms with E-state index in [1.165, 1.54) is 60.7 Å². The van der Waals surface area contributed by atoms with Gasteiger partial charge in [0.2, 0.25) is 0 Å². The van der Waals surface area contributed by atoms with Gasteiger partial charge in [-0.05, 0) is 100 Å². The smallest absolute Gasteiger partial charge is 0.267 e. The van der Waals surface area contributed by atoms with Gasteiger partial charge in [-0.3, -0.25) is 19.2 Å². The van der Waals surface area contributed by atoms with E-state index in [9.17, 15) is 17.6 Å². The van der Waals surface area contributed by atoms with Gasteiger partial charge in [-0.25, -0.2) is 17.6 Å². The van der Waals surface area contributed by atoms with Crippen LogP contribution in [0.2, 0.25) is 0 Å². The zero-order valence-electron chi connectivity index (χ0n) is 30.3. The fraction of sp³-hybridized carbons (Fsp3) is 0.119. The van der Waals surface area contributed by atoms with Gasteiger partial charge in [0, 0.05) is 55.1 Å². The molecule has 4 heterocycles. The van der Waals surface area contributed by atoms with E-state index in [1.807, 2.05) is 45.9 Å². The minimum atomic E-state index is -0.333. The van der Waals surface area contributed by atoms with E-state index in [1.54, 1.807) is 55.7 Å². The third-order valence-electron chi connectivity index (χ3n) is 8.35. The molecule has 8 nitrogen and oxygen atoms in total. The van der Waals surface area contributed by atoms with Crippen LogP contribution in [0.3, 0.4) is 0 Å². The second kappa shape index (κ2) is 17.9. The van der Waals surface area contributed by atoms with E-state index >= 15 is 0 Å². The molecule has 8 aromatic rings. The van der Waals surface area contributed by atoms with Crippen LogP contribution in [-0.2, 0) is 20.1 Å². The number of halogens is 4. The number of hydrogen-bond donors (Lipinski definition) is 0. The zero-order valence-corrected chi connectivity index (χ0v) is 32.7. The third-order valence-corrected chi connectivity index (χ3v) is 8.35. The first-order valence-electron chi connectivity index (χ1n) is 16.7. The van der Waals surface area contributed by atoms with Gasteiger partial charge in [-0.1, -0.05) is 18.2 Å². The van der Waals surface area contributed by atoms with Crippen LogP contribution < -0.4 is 14.2 Å². The fourth-order valence-electron chi connectivity index (χ4n) is 5.38. The average Bonchev–Trinajstić information content (AvgIpc) is 3.83. The van der Waals surface area contributed by atoms with Crippen molar-refractivity contribution in [2.45, 2.75) is 34.6 Å². The van der Waals surface area contributed by atoms with Crippen LogP contribution in [0, 0.1) is 82.7 Å². The molecular weight excluding hydrogens is 885 g/mol. The normalized spacial score (nSPS) is 10.5. The molecule has 0 aliphatic heterocycles. The Morgan fingerprint density at radius 1 is 0.600 bits per heavy atom. The Hall–Kier alpha value is -6.04. The van der Waals surface area contributed by atoms with Crippen molar-refractivity contribution in [3.63, 3.8) is 0 Å². The molecule has 0 saturated carbocycles. The Bertz CT molecular complexity index is 2260. The Morgan fingerprint density at radius 3 is 1.49 bits per heavy atom. The van der Waals surface area contributed by atoms with Crippen molar-refractivity contribution >= 4 is 0 Å². The summed E-state index contributed by atoms with van der Waals surface area (Å²) < 4.78 is 60.4. The van der Waals surface area contributed by atoms with E-state index in [2.05, 4.69) is 45.0 Å². The summed E-state index contributed by atoms with van der Waals surface area (Å²) in [6.45, 7) is 9.43. The molecule has 13 heteroatoms. The van der Waals surface area contributed by atoms with Gasteiger partial charge in [-0.15, -0.1) is 24.3 Å². The predicted molar refractivity (Wildman–Crippen MR) is 192 cm³/mol. The molecule has 0 bridgehead atoms. The number of pyridine rings is 1. The summed E-state index contributed by atoms with van der Waals surface area (Å²) in [5.41, 5.74) is 6.81. The quantitative estimate of drug-likeness (QED) is 0.103. The summed E-state index contributed by atoms with van der Waals surface area (Å²) in [6, 6.07) is 32.6. The number of aryl methyl sites for hydroxylation is 1. The van der Waals surface area contributed by atoms with E-state index in [-0.39, 0.29) is 43.4 Å². The van der Waals surface area contributed by atoms with Crippen molar-refractivity contribution < 1.29 is 46.8 Å². The molecule has 0 amide bonds. The maximum atomic E-state index is 13.4. The molecule has 0 aliphatic carbocycles. The monoisotopic (exact) mass is 918 g/mol. The summed E-state index contributed by atoms with van der Waals surface area (Å²) in [5.74, 6) is -0.0183. The molecular formula is C42H33F4IrN8-3. The van der Waals surface area contributed by atoms with Gasteiger partial charge in [0.05, 0.1) is 28.5 Å². The van der Waals surface area contributed by atoms with Gasteiger partial charge in [0.15, 0.2) is 0 Å². The number of rotatable bonds is 5. The maximum Gasteiger partial charge on any atom is 0.267 e. The van der Waals surface area contributed by atoms with Gasteiger partial charge in [0.1, 0.15) is 11.6 Å². The van der Waals surface area contributed by atoms with E-state index in [4.69, 9.17) is 0 Å². The van der Waals surface area contributed by atoms with Gasteiger partial charge in [-0.2, -0.15) is 24.3 Å². The van der Waals surface area contributed by atoms with Crippen molar-refractivity contribution in [2.75, 3.05) is 0 Å². The number of benzene rings is 4. The van der Waals surface area contributed by atoms with Crippen LogP contribution in [0.5, 0.6) is 0 Å². The minimum absolute atomic E-state index is 0. The van der Waals surface area contributed by atoms with Crippen molar-refractivity contribution in [2.24, 2.45) is 0 Å². The Balaban J connectivity index is 0.000000163. The molecule has 0 aliphatic rings. The number of imidazole rings is 2. The number of aromatic nitrogens is 8. The molecule has 0 unspecified atom stereocenters. The summed E-state index contributed by atoms with van der Waals surface area (Å²) in [5, 5.41) is 7.65. The molecule has 281 valence electrons. The zero-order chi connectivity index (χ0) is 38.4. The fourth-order valence-corrected chi connectivity index (χ4v) is 5.38. The molecule has 0 N–H and O–H groups in total. The number of nitrogens with zero attached hydrogens (tertiary/aromatic N) is 8. The molecule has 4 aromatic carbocycles. The Kier molecular flexibility index (Phi) is 13.0. The molecule has 55 heavy (non-hydrogen) atoms. The largest absolute Gasteiger partial charge is 0.421 e. The van der Waals surface area contributed by atoms with Crippen molar-refractivity contribution in [1.82, 2.24) is 29.3 Å². The van der Waals surface area contributed by atoms with Crippen molar-refractivity contribution in [3.8, 4) is 34.3 Å². The number of hydrogen-bond acceptors (Lipinski definition) is 3. The standard InChI is InChI=1S/2C17H13F2N2.C8H7N4.Ir/c2*1-12-13(2)21(17-8-4-6-15(19)10-17)11-20(12)16-7-3-5-14(18)9-16;1-6-10-8(12-11-6)7-4-2-3-5-9-7;/h2*3-7,9-10H,1-2H3;2-5H,1H3;/q3*-1;. The topological polar surface area (TPSA) is 70.4 Å². The van der Waals surface area contributed by atoms with Crippen LogP contribution in [0.15, 0.2) is 109 Å². The molecule has 1 radical (unpaired) electrons. The van der Waals surface area contributed by atoms with E-state index in [0.717, 1.165) is 28.5 Å². The first-order valence-corrected chi connectivity index (χ1v) is 16.7. The molecule has 0 atom stereocenters. The molecule has 0 fully saturated rings. The predicted octanol–water partition coefficient (Wildman–Crippen LogP) is 7.30. The Labute approximate surface area is 329 Å². The van der Waals surface area contributed by atoms with Crippen LogP contribution >= 0.6 is 0 Å². The van der Waals surface area contributed by atoms with Gasteiger partial charge < -0.3 is 19.2 Å². The molecule has 8 rings (SSSR count). The van der Waals surface area contributed by atoms with Crippen LogP contribution in [0.25, 0.3) is 34.3 Å². The maximum absolute atomic E-state index is 13.4. The first-order chi connectivity index (χ1) is 26.0.